The third-order valence-corrected chi connectivity index (χ3v) is 7.13. The summed E-state index contributed by atoms with van der Waals surface area (Å²) in [5.74, 6) is 0. The van der Waals surface area contributed by atoms with E-state index in [1.165, 1.54) is 51.4 Å². The summed E-state index contributed by atoms with van der Waals surface area (Å²) in [6.45, 7) is 14.8. The maximum absolute atomic E-state index is 10.7. The van der Waals surface area contributed by atoms with Gasteiger partial charge < -0.3 is 28.7 Å². The first-order valence-electron chi connectivity index (χ1n) is 13.3. The van der Waals surface area contributed by atoms with Crippen LogP contribution >= 0.6 is 0 Å². The van der Waals surface area contributed by atoms with Gasteiger partial charge in [0.1, 0.15) is 0 Å². The van der Waals surface area contributed by atoms with Crippen molar-refractivity contribution < 1.29 is 67.6 Å². The predicted molar refractivity (Wildman–Crippen MR) is 146 cm³/mol. The van der Waals surface area contributed by atoms with Gasteiger partial charge in [0.15, 0.2) is 0 Å². The van der Waals surface area contributed by atoms with E-state index in [1.807, 2.05) is 55.4 Å². The Hall–Kier alpha value is 0.0966. The van der Waals surface area contributed by atoms with Gasteiger partial charge in [-0.2, -0.15) is 0 Å². The van der Waals surface area contributed by atoms with Crippen molar-refractivity contribution in [3.05, 3.63) is 48.6 Å². The molecule has 0 spiro atoms. The zero-order valence-corrected chi connectivity index (χ0v) is 27.8. The molecule has 222 valence electrons. The van der Waals surface area contributed by atoms with Gasteiger partial charge in [0.25, 0.3) is 0 Å². The van der Waals surface area contributed by atoms with Crippen LogP contribution in [0.4, 0.5) is 0 Å². The number of rotatable bonds is 0. The smallest absolute Gasteiger partial charge is 0.346 e. The van der Waals surface area contributed by atoms with Crippen molar-refractivity contribution in [1.82, 2.24) is 0 Å². The van der Waals surface area contributed by atoms with Gasteiger partial charge in [-0.1, -0.05) is 48.6 Å². The summed E-state index contributed by atoms with van der Waals surface area (Å²) in [7, 11) is -2.63. The Morgan fingerprint density at radius 2 is 0.526 bits per heavy atom. The molecule has 4 aliphatic rings. The zero-order chi connectivity index (χ0) is 27.3. The minimum Gasteiger partial charge on any atom is -0.832 e. The molecule has 4 rings (SSSR count). The molecule has 0 saturated carbocycles. The van der Waals surface area contributed by atoms with E-state index in [-0.39, 0.29) is 39.0 Å². The monoisotopic (exact) mass is 708 g/mol. The van der Waals surface area contributed by atoms with Crippen LogP contribution in [0.2, 0.25) is 0 Å². The van der Waals surface area contributed by atoms with Crippen molar-refractivity contribution in [3.8, 4) is 0 Å². The van der Waals surface area contributed by atoms with E-state index in [0.29, 0.717) is 0 Å². The molecule has 38 heavy (non-hydrogen) atoms. The normalized spacial score (nSPS) is 27.1. The van der Waals surface area contributed by atoms with Gasteiger partial charge in [-0.05, 0) is 107 Å². The Bertz CT molecular complexity index is 606. The molecule has 2 fully saturated rings. The van der Waals surface area contributed by atoms with E-state index in [9.17, 15) is 10.0 Å². The second-order valence-corrected chi connectivity index (χ2v) is 11.3. The van der Waals surface area contributed by atoms with Crippen LogP contribution in [-0.4, -0.2) is 37.0 Å². The average Bonchev–Trinajstić information content (AvgIpc) is 2.97. The molecule has 2 aliphatic carbocycles. The zero-order valence-electron chi connectivity index (χ0n) is 24.5. The van der Waals surface area contributed by atoms with Gasteiger partial charge in [-0.25, -0.2) is 0 Å². The standard InChI is InChI=1S/2C8H12.2C6H12BO3.2Rh/c2*1-2-4-6-8-7-5-3-1;2*1-5(2)6(3,4)10-7(8)9-5;;/h2*1-2,7-8H,3-6H2;2*1-4H3;;/q;;2*-1;;/b2*2-1-,8-7-;;;;. The van der Waals surface area contributed by atoms with E-state index in [0.717, 1.165) is 0 Å². The van der Waals surface area contributed by atoms with Crippen molar-refractivity contribution >= 4 is 14.6 Å². The summed E-state index contributed by atoms with van der Waals surface area (Å²) >= 11 is 0. The fourth-order valence-corrected chi connectivity index (χ4v) is 3.29. The third kappa shape index (κ3) is 15.2. The van der Waals surface area contributed by atoms with Crippen molar-refractivity contribution in [3.63, 3.8) is 0 Å². The Balaban J connectivity index is 0. The first-order valence-corrected chi connectivity index (χ1v) is 13.3. The Kier molecular flexibility index (Phi) is 20.4. The van der Waals surface area contributed by atoms with Crippen LogP contribution in [0.15, 0.2) is 48.6 Å². The molecule has 0 unspecified atom stereocenters. The molecule has 6 nitrogen and oxygen atoms in total. The fourth-order valence-electron chi connectivity index (χ4n) is 3.29. The van der Waals surface area contributed by atoms with Crippen LogP contribution in [0.3, 0.4) is 0 Å². The number of hydrogen-bond donors (Lipinski definition) is 0. The molecule has 2 heterocycles. The summed E-state index contributed by atoms with van der Waals surface area (Å²) in [6.07, 6.45) is 28.0. The van der Waals surface area contributed by atoms with Crippen LogP contribution in [0.5, 0.6) is 0 Å². The van der Waals surface area contributed by atoms with Crippen LogP contribution in [0, 0.1) is 0 Å². The van der Waals surface area contributed by atoms with Crippen LogP contribution < -0.4 is 10.0 Å². The van der Waals surface area contributed by atoms with E-state index in [2.05, 4.69) is 48.6 Å². The molecule has 10 heteroatoms. The molecule has 2 radical (unpaired) electrons. The Morgan fingerprint density at radius 1 is 0.395 bits per heavy atom. The van der Waals surface area contributed by atoms with E-state index < -0.39 is 37.0 Å². The summed E-state index contributed by atoms with van der Waals surface area (Å²) in [5.41, 5.74) is -1.89. The van der Waals surface area contributed by atoms with Crippen molar-refractivity contribution in [1.29, 1.82) is 0 Å². The molecular formula is C28H48B2O6Rh2-2. The summed E-state index contributed by atoms with van der Waals surface area (Å²) < 4.78 is 19.9. The molecule has 0 N–H and O–H groups in total. The van der Waals surface area contributed by atoms with E-state index in [1.54, 1.807) is 0 Å². The van der Waals surface area contributed by atoms with Crippen LogP contribution in [0.25, 0.3) is 0 Å². The summed E-state index contributed by atoms with van der Waals surface area (Å²) in [5, 5.41) is 21.4. The molecular weight excluding hydrogens is 660 g/mol. The molecule has 2 aliphatic heterocycles. The predicted octanol–water partition coefficient (Wildman–Crippen LogP) is 5.21. The Morgan fingerprint density at radius 3 is 0.605 bits per heavy atom. The first kappa shape index (κ1) is 40.2. The van der Waals surface area contributed by atoms with Gasteiger partial charge in [0.2, 0.25) is 0 Å². The Labute approximate surface area is 258 Å². The second-order valence-electron chi connectivity index (χ2n) is 11.3. The molecule has 0 amide bonds. The summed E-state index contributed by atoms with van der Waals surface area (Å²) in [4.78, 5) is 0. The first-order chi connectivity index (χ1) is 16.7. The number of allylic oxidation sites excluding steroid dienone is 8. The molecule has 0 aromatic heterocycles. The molecule has 0 aromatic carbocycles. The largest absolute Gasteiger partial charge is 0.832 e. The SMILES string of the molecule is C1=C\CC/C=C\CC/1.C1=C\CC/C=C\CC/1.CC1(C)OB([O-])OC1(C)C.CC1(C)OB([O-])OC1(C)C.[Rh].[Rh]. The second kappa shape index (κ2) is 19.3. The van der Waals surface area contributed by atoms with Crippen LogP contribution in [-0.2, 0) is 57.6 Å². The molecule has 0 bridgehead atoms. The minimum atomic E-state index is -1.31. The topological polar surface area (TPSA) is 83.0 Å². The van der Waals surface area contributed by atoms with E-state index >= 15 is 0 Å². The van der Waals surface area contributed by atoms with Gasteiger partial charge in [0.05, 0.1) is 22.4 Å². The van der Waals surface area contributed by atoms with Crippen LogP contribution in [0.1, 0.15) is 107 Å². The minimum absolute atomic E-state index is 0. The maximum atomic E-state index is 10.7. The van der Waals surface area contributed by atoms with Crippen molar-refractivity contribution in [2.75, 3.05) is 0 Å². The fraction of sp³-hybridized carbons (Fsp3) is 0.714. The van der Waals surface area contributed by atoms with Gasteiger partial charge in [0, 0.05) is 39.0 Å². The average molecular weight is 708 g/mol. The van der Waals surface area contributed by atoms with Crippen molar-refractivity contribution in [2.24, 2.45) is 0 Å². The van der Waals surface area contributed by atoms with E-state index in [4.69, 9.17) is 18.6 Å². The maximum Gasteiger partial charge on any atom is 0.346 e. The molecule has 2 saturated heterocycles. The van der Waals surface area contributed by atoms with Gasteiger partial charge in [-0.3, -0.25) is 0 Å². The van der Waals surface area contributed by atoms with Gasteiger partial charge >= 0.3 is 14.6 Å². The third-order valence-electron chi connectivity index (χ3n) is 7.13. The summed E-state index contributed by atoms with van der Waals surface area (Å²) in [6, 6.07) is 0. The number of hydrogen-bond acceptors (Lipinski definition) is 6. The quantitative estimate of drug-likeness (QED) is 0.254. The molecule has 0 atom stereocenters. The van der Waals surface area contributed by atoms with Gasteiger partial charge in [-0.15, -0.1) is 0 Å². The molecule has 0 aromatic rings. The van der Waals surface area contributed by atoms with Crippen molar-refractivity contribution in [2.45, 2.75) is 129 Å².